The zero-order valence-electron chi connectivity index (χ0n) is 15.1. The van der Waals surface area contributed by atoms with Gasteiger partial charge in [-0.15, -0.1) is 0 Å². The van der Waals surface area contributed by atoms with E-state index in [2.05, 4.69) is 17.0 Å². The van der Waals surface area contributed by atoms with E-state index >= 15 is 0 Å². The van der Waals surface area contributed by atoms with Gasteiger partial charge in [0.15, 0.2) is 0 Å². The minimum atomic E-state index is 0.140. The van der Waals surface area contributed by atoms with E-state index in [9.17, 15) is 4.79 Å². The average Bonchev–Trinajstić information content (AvgIpc) is 3.26. The number of amides is 1. The number of likely N-dealkylation sites (N-methyl/N-ethyl adjacent to an activating group) is 2. The van der Waals surface area contributed by atoms with E-state index in [1.54, 1.807) is 18.0 Å². The summed E-state index contributed by atoms with van der Waals surface area (Å²) in [5.41, 5.74) is 2.01. The highest BCUT2D eigenvalue weighted by Gasteiger charge is 2.30. The van der Waals surface area contributed by atoms with Gasteiger partial charge in [-0.05, 0) is 37.2 Å². The lowest BCUT2D eigenvalue weighted by atomic mass is 10.1. The number of hydrogen-bond donors (Lipinski definition) is 0. The first kappa shape index (κ1) is 17.6. The van der Waals surface area contributed by atoms with Crippen LogP contribution in [0.5, 0.6) is 0 Å². The topological polar surface area (TPSA) is 50.6 Å². The molecule has 0 unspecified atom stereocenters. The molecule has 6 nitrogen and oxygen atoms in total. The van der Waals surface area contributed by atoms with Crippen molar-refractivity contribution in [2.24, 2.45) is 0 Å². The van der Waals surface area contributed by atoms with Gasteiger partial charge in [-0.25, -0.2) is 4.68 Å². The van der Waals surface area contributed by atoms with Crippen LogP contribution >= 0.6 is 0 Å². The van der Waals surface area contributed by atoms with E-state index in [0.717, 1.165) is 30.8 Å². The number of benzene rings is 1. The first-order chi connectivity index (χ1) is 12.1. The average molecular weight is 342 g/mol. The number of carbonyl (C=O) groups is 1. The second-order valence-corrected chi connectivity index (χ2v) is 6.75. The maximum absolute atomic E-state index is 12.5. The van der Waals surface area contributed by atoms with Crippen molar-refractivity contribution in [2.75, 3.05) is 34.3 Å². The number of carbonyl (C=O) groups excluding carboxylic acids is 1. The first-order valence-corrected chi connectivity index (χ1v) is 8.62. The summed E-state index contributed by atoms with van der Waals surface area (Å²) < 4.78 is 7.24. The Bertz CT molecular complexity index is 684. The molecule has 0 N–H and O–H groups in total. The third kappa shape index (κ3) is 4.27. The van der Waals surface area contributed by atoms with Gasteiger partial charge in [-0.1, -0.05) is 12.1 Å². The molecule has 0 aliphatic carbocycles. The van der Waals surface area contributed by atoms with Crippen molar-refractivity contribution < 1.29 is 9.53 Å². The van der Waals surface area contributed by atoms with Crippen LogP contribution in [0.2, 0.25) is 0 Å². The van der Waals surface area contributed by atoms with E-state index in [1.807, 2.05) is 48.5 Å². The third-order valence-electron chi connectivity index (χ3n) is 4.95. The molecule has 0 spiro atoms. The van der Waals surface area contributed by atoms with Gasteiger partial charge in [0.1, 0.15) is 0 Å². The molecule has 25 heavy (non-hydrogen) atoms. The highest BCUT2D eigenvalue weighted by atomic mass is 16.5. The maximum Gasteiger partial charge on any atom is 0.226 e. The molecule has 0 bridgehead atoms. The van der Waals surface area contributed by atoms with Gasteiger partial charge < -0.3 is 9.64 Å². The summed E-state index contributed by atoms with van der Waals surface area (Å²) in [7, 11) is 5.73. The van der Waals surface area contributed by atoms with Gasteiger partial charge in [-0.3, -0.25) is 9.69 Å². The third-order valence-corrected chi connectivity index (χ3v) is 4.95. The molecule has 1 saturated heterocycles. The van der Waals surface area contributed by atoms with Crippen LogP contribution in [-0.2, 0) is 16.0 Å². The van der Waals surface area contributed by atoms with Crippen LogP contribution in [0.1, 0.15) is 12.0 Å². The zero-order chi connectivity index (χ0) is 17.8. The number of likely N-dealkylation sites (tertiary alicyclic amines) is 1. The zero-order valence-corrected chi connectivity index (χ0v) is 15.1. The molecular formula is C19H26N4O2. The minimum Gasteiger partial charge on any atom is -0.380 e. The van der Waals surface area contributed by atoms with Gasteiger partial charge in [0, 0.05) is 45.7 Å². The van der Waals surface area contributed by atoms with Crippen LogP contribution in [0.15, 0.2) is 42.7 Å². The maximum atomic E-state index is 12.5. The van der Waals surface area contributed by atoms with Crippen molar-refractivity contribution in [1.29, 1.82) is 0 Å². The van der Waals surface area contributed by atoms with Crippen molar-refractivity contribution in [1.82, 2.24) is 19.6 Å². The van der Waals surface area contributed by atoms with E-state index in [0.29, 0.717) is 12.5 Å². The molecular weight excluding hydrogens is 316 g/mol. The van der Waals surface area contributed by atoms with Crippen LogP contribution in [-0.4, -0.2) is 71.9 Å². The largest absolute Gasteiger partial charge is 0.380 e. The summed E-state index contributed by atoms with van der Waals surface area (Å²) in [5, 5.41) is 4.21. The van der Waals surface area contributed by atoms with Gasteiger partial charge in [0.05, 0.1) is 18.2 Å². The Kier molecular flexibility index (Phi) is 5.50. The van der Waals surface area contributed by atoms with Crippen molar-refractivity contribution >= 4 is 5.91 Å². The fourth-order valence-electron chi connectivity index (χ4n) is 3.33. The molecule has 1 aromatic carbocycles. The van der Waals surface area contributed by atoms with E-state index < -0.39 is 0 Å². The Morgan fingerprint density at radius 1 is 1.36 bits per heavy atom. The molecule has 3 rings (SSSR count). The van der Waals surface area contributed by atoms with Crippen molar-refractivity contribution in [3.63, 3.8) is 0 Å². The predicted octanol–water partition coefficient (Wildman–Crippen LogP) is 1.59. The van der Waals surface area contributed by atoms with Gasteiger partial charge in [-0.2, -0.15) is 5.10 Å². The molecule has 6 heteroatoms. The Labute approximate surface area is 149 Å². The van der Waals surface area contributed by atoms with Crippen molar-refractivity contribution in [3.8, 4) is 5.69 Å². The fourth-order valence-corrected chi connectivity index (χ4v) is 3.33. The van der Waals surface area contributed by atoms with E-state index in [4.69, 9.17) is 4.74 Å². The minimum absolute atomic E-state index is 0.140. The number of rotatable bonds is 6. The number of methoxy groups -OCH3 is 1. The van der Waals surface area contributed by atoms with Crippen molar-refractivity contribution in [2.45, 2.75) is 25.0 Å². The van der Waals surface area contributed by atoms with Crippen LogP contribution in [0.3, 0.4) is 0 Å². The smallest absolute Gasteiger partial charge is 0.226 e. The lowest BCUT2D eigenvalue weighted by Crippen LogP contribution is -2.40. The van der Waals surface area contributed by atoms with Crippen LogP contribution < -0.4 is 0 Å². The predicted molar refractivity (Wildman–Crippen MR) is 96.7 cm³/mol. The molecule has 1 aliphatic heterocycles. The summed E-state index contributed by atoms with van der Waals surface area (Å²) in [6, 6.07) is 10.2. The van der Waals surface area contributed by atoms with E-state index in [1.165, 1.54) is 0 Å². The first-order valence-electron chi connectivity index (χ1n) is 8.62. The molecule has 2 atom stereocenters. The normalized spacial score (nSPS) is 20.8. The molecule has 1 aromatic heterocycles. The van der Waals surface area contributed by atoms with Gasteiger partial charge in [0.25, 0.3) is 0 Å². The lowest BCUT2D eigenvalue weighted by Gasteiger charge is -2.25. The number of ether oxygens (including phenoxy) is 1. The Balaban J connectivity index is 1.54. The molecule has 1 fully saturated rings. The van der Waals surface area contributed by atoms with Crippen molar-refractivity contribution in [3.05, 3.63) is 48.3 Å². The summed E-state index contributed by atoms with van der Waals surface area (Å²) in [6.45, 7) is 1.67. The van der Waals surface area contributed by atoms with Crippen LogP contribution in [0.25, 0.3) is 5.69 Å². The summed E-state index contributed by atoms with van der Waals surface area (Å²) in [4.78, 5) is 16.6. The Hall–Kier alpha value is -2.18. The molecule has 1 aliphatic rings. The van der Waals surface area contributed by atoms with Gasteiger partial charge >= 0.3 is 0 Å². The molecule has 2 aromatic rings. The number of hydrogen-bond acceptors (Lipinski definition) is 4. The Morgan fingerprint density at radius 2 is 2.12 bits per heavy atom. The highest BCUT2D eigenvalue weighted by molar-refractivity contribution is 5.78. The molecule has 134 valence electrons. The van der Waals surface area contributed by atoms with Crippen LogP contribution in [0, 0.1) is 0 Å². The number of aromatic nitrogens is 2. The number of nitrogens with zero attached hydrogens (tertiary/aromatic N) is 4. The standard InChI is InChI=1S/C19H26N4O2/c1-21-14-18(25-3)12-17(21)13-22(2)19(24)11-15-5-7-16(8-6-15)23-10-4-9-20-23/h4-10,17-18H,11-14H2,1-3H3/t17-,18-/m0/s1. The molecule has 2 heterocycles. The second-order valence-electron chi connectivity index (χ2n) is 6.75. The van der Waals surface area contributed by atoms with Crippen LogP contribution in [0.4, 0.5) is 0 Å². The quantitative estimate of drug-likeness (QED) is 0.800. The highest BCUT2D eigenvalue weighted by Crippen LogP contribution is 2.19. The molecule has 0 saturated carbocycles. The summed E-state index contributed by atoms with van der Waals surface area (Å²) in [5.74, 6) is 0.140. The SMILES string of the molecule is CO[C@H]1C[C@@H](CN(C)C(=O)Cc2ccc(-n3cccn3)cc2)N(C)C1. The molecule has 0 radical (unpaired) electrons. The monoisotopic (exact) mass is 342 g/mol. The summed E-state index contributed by atoms with van der Waals surface area (Å²) in [6.07, 6.45) is 5.32. The summed E-state index contributed by atoms with van der Waals surface area (Å²) >= 11 is 0. The Morgan fingerprint density at radius 3 is 2.72 bits per heavy atom. The fraction of sp³-hybridized carbons (Fsp3) is 0.474. The lowest BCUT2D eigenvalue weighted by molar-refractivity contribution is -0.129. The molecule has 1 amide bonds. The van der Waals surface area contributed by atoms with E-state index in [-0.39, 0.29) is 12.0 Å². The van der Waals surface area contributed by atoms with Gasteiger partial charge in [0.2, 0.25) is 5.91 Å². The second kappa shape index (κ2) is 7.80.